The molecular formula is C14H11IO2. The molecule has 0 amide bonds. The highest BCUT2D eigenvalue weighted by Gasteiger charge is 1.97. The monoisotopic (exact) mass is 338 g/mol. The van der Waals surface area contributed by atoms with Crippen molar-refractivity contribution in [3.8, 4) is 5.75 Å². The maximum Gasteiger partial charge on any atom is 0.150 e. The largest absolute Gasteiger partial charge is 0.489 e. The fraction of sp³-hybridized carbons (Fsp3) is 0.0714. The minimum Gasteiger partial charge on any atom is -0.489 e. The molecule has 2 aromatic carbocycles. The highest BCUT2D eigenvalue weighted by Crippen LogP contribution is 2.16. The van der Waals surface area contributed by atoms with Crippen LogP contribution < -0.4 is 4.74 Å². The lowest BCUT2D eigenvalue weighted by Crippen LogP contribution is -1.95. The van der Waals surface area contributed by atoms with Gasteiger partial charge in [0.05, 0.1) is 0 Å². The molecule has 0 saturated heterocycles. The lowest BCUT2D eigenvalue weighted by molar-refractivity contribution is 0.112. The predicted molar refractivity (Wildman–Crippen MR) is 75.3 cm³/mol. The van der Waals surface area contributed by atoms with E-state index in [2.05, 4.69) is 22.6 Å². The van der Waals surface area contributed by atoms with Gasteiger partial charge < -0.3 is 4.74 Å². The smallest absolute Gasteiger partial charge is 0.150 e. The molecule has 0 aliphatic heterocycles. The zero-order valence-corrected chi connectivity index (χ0v) is 11.3. The summed E-state index contributed by atoms with van der Waals surface area (Å²) in [4.78, 5) is 10.5. The summed E-state index contributed by atoms with van der Waals surface area (Å²) in [7, 11) is 0. The van der Waals surface area contributed by atoms with Crippen molar-refractivity contribution >= 4 is 28.9 Å². The number of carbonyl (C=O) groups excluding carboxylic acids is 1. The first-order chi connectivity index (χ1) is 8.28. The first-order valence-corrected chi connectivity index (χ1v) is 6.28. The van der Waals surface area contributed by atoms with Gasteiger partial charge in [-0.2, -0.15) is 0 Å². The molecule has 0 heterocycles. The molecule has 2 nitrogen and oxygen atoms in total. The number of hydrogen-bond acceptors (Lipinski definition) is 2. The average Bonchev–Trinajstić information content (AvgIpc) is 2.37. The molecule has 3 heteroatoms. The van der Waals surface area contributed by atoms with Gasteiger partial charge in [-0.05, 0) is 46.4 Å². The lowest BCUT2D eigenvalue weighted by Gasteiger charge is -2.06. The lowest BCUT2D eigenvalue weighted by atomic mass is 10.2. The molecule has 0 bridgehead atoms. The molecular weight excluding hydrogens is 327 g/mol. The van der Waals surface area contributed by atoms with Crippen LogP contribution in [0.4, 0.5) is 0 Å². The second kappa shape index (κ2) is 5.82. The zero-order chi connectivity index (χ0) is 12.1. The van der Waals surface area contributed by atoms with Crippen LogP contribution in [0.3, 0.4) is 0 Å². The topological polar surface area (TPSA) is 26.3 Å². The number of aldehydes is 1. The molecule has 0 aliphatic rings. The zero-order valence-electron chi connectivity index (χ0n) is 9.10. The van der Waals surface area contributed by atoms with Crippen LogP contribution >= 0.6 is 22.6 Å². The highest BCUT2D eigenvalue weighted by atomic mass is 127. The molecule has 0 saturated carbocycles. The van der Waals surface area contributed by atoms with Gasteiger partial charge in [0.2, 0.25) is 0 Å². The Morgan fingerprint density at radius 3 is 2.53 bits per heavy atom. The van der Waals surface area contributed by atoms with Crippen molar-refractivity contribution in [2.75, 3.05) is 0 Å². The summed E-state index contributed by atoms with van der Waals surface area (Å²) in [5, 5.41) is 0. The molecule has 0 aliphatic carbocycles. The van der Waals surface area contributed by atoms with Crippen molar-refractivity contribution in [2.24, 2.45) is 0 Å². The molecule has 2 aromatic rings. The third kappa shape index (κ3) is 3.56. The average molecular weight is 338 g/mol. The van der Waals surface area contributed by atoms with Crippen molar-refractivity contribution in [1.82, 2.24) is 0 Å². The van der Waals surface area contributed by atoms with E-state index in [1.54, 1.807) is 12.1 Å². The molecule has 2 rings (SSSR count). The summed E-state index contributed by atoms with van der Waals surface area (Å²) >= 11 is 2.25. The molecule has 86 valence electrons. The summed E-state index contributed by atoms with van der Waals surface area (Å²) in [5.41, 5.74) is 1.73. The maximum absolute atomic E-state index is 10.5. The molecule has 0 atom stereocenters. The number of hydrogen-bond donors (Lipinski definition) is 0. The Hall–Kier alpha value is -1.36. The van der Waals surface area contributed by atoms with Crippen LogP contribution in [0.25, 0.3) is 0 Å². The van der Waals surface area contributed by atoms with Gasteiger partial charge >= 0.3 is 0 Å². The second-order valence-electron chi connectivity index (χ2n) is 3.61. The number of ether oxygens (including phenoxy) is 1. The minimum absolute atomic E-state index is 0.513. The van der Waals surface area contributed by atoms with Gasteiger partial charge in [0.25, 0.3) is 0 Å². The van der Waals surface area contributed by atoms with Gasteiger partial charge in [0.1, 0.15) is 18.6 Å². The van der Waals surface area contributed by atoms with Crippen LogP contribution in [0.5, 0.6) is 5.75 Å². The van der Waals surface area contributed by atoms with Crippen molar-refractivity contribution in [1.29, 1.82) is 0 Å². The Labute approximate surface area is 114 Å². The fourth-order valence-electron chi connectivity index (χ4n) is 1.42. The van der Waals surface area contributed by atoms with E-state index in [1.807, 2.05) is 36.4 Å². The van der Waals surface area contributed by atoms with E-state index in [4.69, 9.17) is 4.74 Å². The Kier molecular flexibility index (Phi) is 4.14. The molecule has 0 fully saturated rings. The standard InChI is InChI=1S/C14H11IO2/c15-13-2-1-3-14(8-13)17-10-12-6-4-11(9-16)5-7-12/h1-9H,10H2. The van der Waals surface area contributed by atoms with Crippen LogP contribution in [0.1, 0.15) is 15.9 Å². The third-order valence-corrected chi connectivity index (χ3v) is 2.99. The molecule has 0 unspecified atom stereocenters. The number of carbonyl (C=O) groups is 1. The van der Waals surface area contributed by atoms with E-state index < -0.39 is 0 Å². The minimum atomic E-state index is 0.513. The van der Waals surface area contributed by atoms with E-state index in [1.165, 1.54) is 0 Å². The Bertz CT molecular complexity index is 506. The first-order valence-electron chi connectivity index (χ1n) is 5.20. The van der Waals surface area contributed by atoms with Crippen LogP contribution in [0, 0.1) is 3.57 Å². The van der Waals surface area contributed by atoms with E-state index >= 15 is 0 Å². The van der Waals surface area contributed by atoms with E-state index in [0.29, 0.717) is 12.2 Å². The summed E-state index contributed by atoms with van der Waals surface area (Å²) in [6.45, 7) is 0.513. The normalized spacial score (nSPS) is 9.94. The van der Waals surface area contributed by atoms with Gasteiger partial charge in [0.15, 0.2) is 0 Å². The van der Waals surface area contributed by atoms with Gasteiger partial charge in [-0.3, -0.25) is 4.79 Å². The maximum atomic E-state index is 10.5. The summed E-state index contributed by atoms with van der Waals surface area (Å²) in [6.07, 6.45) is 0.837. The van der Waals surface area contributed by atoms with Crippen LogP contribution in [-0.4, -0.2) is 6.29 Å². The van der Waals surface area contributed by atoms with Crippen LogP contribution in [0.15, 0.2) is 48.5 Å². The van der Waals surface area contributed by atoms with Gasteiger partial charge in [-0.1, -0.05) is 30.3 Å². The van der Waals surface area contributed by atoms with Gasteiger partial charge in [-0.25, -0.2) is 0 Å². The quantitative estimate of drug-likeness (QED) is 0.628. The Morgan fingerprint density at radius 2 is 1.88 bits per heavy atom. The highest BCUT2D eigenvalue weighted by molar-refractivity contribution is 14.1. The first kappa shape index (κ1) is 12.1. The Balaban J connectivity index is 1.99. The number of rotatable bonds is 4. The van der Waals surface area contributed by atoms with E-state index in [9.17, 15) is 4.79 Å². The summed E-state index contributed by atoms with van der Waals surface area (Å²) in [6, 6.07) is 15.3. The molecule has 0 N–H and O–H groups in total. The number of halogens is 1. The van der Waals surface area contributed by atoms with Crippen LogP contribution in [0.2, 0.25) is 0 Å². The van der Waals surface area contributed by atoms with Crippen LogP contribution in [-0.2, 0) is 6.61 Å². The van der Waals surface area contributed by atoms with Gasteiger partial charge in [-0.15, -0.1) is 0 Å². The molecule has 0 aromatic heterocycles. The third-order valence-electron chi connectivity index (χ3n) is 2.32. The summed E-state index contributed by atoms with van der Waals surface area (Å²) < 4.78 is 6.80. The summed E-state index contributed by atoms with van der Waals surface area (Å²) in [5.74, 6) is 0.858. The predicted octanol–water partition coefficient (Wildman–Crippen LogP) is 3.68. The van der Waals surface area contributed by atoms with E-state index in [-0.39, 0.29) is 0 Å². The second-order valence-corrected chi connectivity index (χ2v) is 4.85. The van der Waals surface area contributed by atoms with Crippen molar-refractivity contribution in [3.63, 3.8) is 0 Å². The molecule has 0 radical (unpaired) electrons. The fourth-order valence-corrected chi connectivity index (χ4v) is 1.93. The number of benzene rings is 2. The SMILES string of the molecule is O=Cc1ccc(COc2cccc(I)c2)cc1. The van der Waals surface area contributed by atoms with Crippen molar-refractivity contribution < 1.29 is 9.53 Å². The van der Waals surface area contributed by atoms with Crippen molar-refractivity contribution in [2.45, 2.75) is 6.61 Å². The van der Waals surface area contributed by atoms with Crippen molar-refractivity contribution in [3.05, 3.63) is 63.2 Å². The Morgan fingerprint density at radius 1 is 1.12 bits per heavy atom. The molecule has 17 heavy (non-hydrogen) atoms. The van der Waals surface area contributed by atoms with E-state index in [0.717, 1.165) is 21.2 Å². The van der Waals surface area contributed by atoms with Gasteiger partial charge in [0, 0.05) is 9.13 Å². The molecule has 0 spiro atoms.